The number of benzene rings is 2. The van der Waals surface area contributed by atoms with Gasteiger partial charge in [0.05, 0.1) is 0 Å². The second-order valence-corrected chi connectivity index (χ2v) is 16.2. The van der Waals surface area contributed by atoms with Crippen molar-refractivity contribution >= 4 is 35.6 Å². The van der Waals surface area contributed by atoms with E-state index in [-0.39, 0.29) is 12.8 Å². The molecule has 0 amide bonds. The van der Waals surface area contributed by atoms with E-state index in [1.54, 1.807) is 79.7 Å². The van der Waals surface area contributed by atoms with Crippen LogP contribution in [-0.4, -0.2) is 60.9 Å². The van der Waals surface area contributed by atoms with Gasteiger partial charge in [0.15, 0.2) is 0 Å². The Morgan fingerprint density at radius 3 is 1.38 bits per heavy atom. The normalized spacial score (nSPS) is 13.8. The first kappa shape index (κ1) is 31.3. The van der Waals surface area contributed by atoms with Gasteiger partial charge in [-0.2, -0.15) is 0 Å². The first-order valence-electron chi connectivity index (χ1n) is 12.4. The zero-order chi connectivity index (χ0) is 28.3. The summed E-state index contributed by atoms with van der Waals surface area (Å²) in [6.45, 7) is 13.9. The predicted molar refractivity (Wildman–Crippen MR) is 150 cm³/mol. The van der Waals surface area contributed by atoms with Crippen molar-refractivity contribution in [3.05, 3.63) is 48.5 Å². The molecule has 8 nitrogen and oxygen atoms in total. The predicted octanol–water partition coefficient (Wildman–Crippen LogP) is 5.66. The number of hydrogen-bond acceptors (Lipinski definition) is 8. The van der Waals surface area contributed by atoms with Crippen molar-refractivity contribution in [2.75, 3.05) is 19.0 Å². The Balaban J connectivity index is 2.35. The van der Waals surface area contributed by atoms with Crippen LogP contribution in [0.2, 0.25) is 0 Å². The quantitative estimate of drug-likeness (QED) is 0.249. The van der Waals surface area contributed by atoms with Gasteiger partial charge in [0.2, 0.25) is 0 Å². The molecule has 9 heteroatoms. The molecule has 2 N–H and O–H groups in total. The van der Waals surface area contributed by atoms with Gasteiger partial charge in [-0.25, -0.2) is 0 Å². The van der Waals surface area contributed by atoms with Crippen molar-refractivity contribution in [2.24, 2.45) is 10.2 Å². The van der Waals surface area contributed by atoms with Crippen LogP contribution in [-0.2, 0) is 11.2 Å². The third kappa shape index (κ3) is 10.7. The van der Waals surface area contributed by atoms with E-state index < -0.39 is 36.6 Å². The van der Waals surface area contributed by atoms with Gasteiger partial charge >= 0.3 is 225 Å². The molecule has 2 aromatic carbocycles. The molecule has 0 atom stereocenters. The third-order valence-corrected chi connectivity index (χ3v) is 10.3. The first-order valence-corrected chi connectivity index (χ1v) is 15.7. The van der Waals surface area contributed by atoms with Crippen LogP contribution in [0.5, 0.6) is 0 Å². The Labute approximate surface area is 225 Å². The summed E-state index contributed by atoms with van der Waals surface area (Å²) >= 11 is -4.72. The van der Waals surface area contributed by atoms with Crippen LogP contribution in [0.15, 0.2) is 58.8 Å². The molecule has 0 unspecified atom stereocenters. The molecule has 0 spiro atoms. The van der Waals surface area contributed by atoms with Crippen LogP contribution in [0.4, 0.5) is 17.1 Å². The molecule has 0 radical (unpaired) electrons. The van der Waals surface area contributed by atoms with Crippen LogP contribution in [0.3, 0.4) is 0 Å². The number of nitrogens with zero attached hydrogens (tertiary/aromatic N) is 3. The van der Waals surface area contributed by atoms with Gasteiger partial charge in [0.1, 0.15) is 0 Å². The SMILES string of the molecule is CN(C)c1ccc(N=Nc2ccc([As](=O)(OC(C)(C)CC(C)(C)O)OC(C)(C)CC(C)(C)O)cc2)cc1. The summed E-state index contributed by atoms with van der Waals surface area (Å²) in [5.41, 5.74) is -1.54. The Kier molecular flexibility index (Phi) is 9.65. The summed E-state index contributed by atoms with van der Waals surface area (Å²) in [7, 11) is 3.95. The minimum absolute atomic E-state index is 0.249. The summed E-state index contributed by atoms with van der Waals surface area (Å²) in [5.74, 6) is 0. The number of anilines is 1. The van der Waals surface area contributed by atoms with Gasteiger partial charge in [-0.05, 0) is 0 Å². The molecule has 0 bridgehead atoms. The Bertz CT molecular complexity index is 1060. The van der Waals surface area contributed by atoms with E-state index in [0.717, 1.165) is 11.4 Å². The van der Waals surface area contributed by atoms with Crippen molar-refractivity contribution in [1.29, 1.82) is 0 Å². The number of aliphatic hydroxyl groups is 2. The Morgan fingerprint density at radius 2 is 1.05 bits per heavy atom. The molecule has 0 aromatic heterocycles. The minimum atomic E-state index is -4.72. The Morgan fingerprint density at radius 1 is 0.703 bits per heavy atom. The van der Waals surface area contributed by atoms with Gasteiger partial charge in [0.25, 0.3) is 0 Å². The molecule has 0 aliphatic heterocycles. The molecule has 0 aliphatic carbocycles. The summed E-state index contributed by atoms with van der Waals surface area (Å²) in [6, 6.07) is 14.5. The molecule has 0 saturated carbocycles. The van der Waals surface area contributed by atoms with Crippen LogP contribution >= 0.6 is 0 Å². The van der Waals surface area contributed by atoms with Gasteiger partial charge in [-0.15, -0.1) is 0 Å². The van der Waals surface area contributed by atoms with Crippen LogP contribution in [0.25, 0.3) is 0 Å². The molecule has 0 aliphatic rings. The molecule has 37 heavy (non-hydrogen) atoms. The maximum atomic E-state index is 14.4. The standard InChI is InChI=1S/C28H44AsN3O5/c1-25(2,33)19-27(5,6)36-29(35,37-28(7,8)20-26(3,4)34)21-11-13-22(14-12-21)30-31-23-15-17-24(18-16-23)32(9)10/h11-18,33-34H,19-20H2,1-10H3. The van der Waals surface area contributed by atoms with Crippen molar-refractivity contribution in [3.63, 3.8) is 0 Å². The fourth-order valence-corrected chi connectivity index (χ4v) is 9.16. The second kappa shape index (κ2) is 11.4. The number of azo groups is 1. The van der Waals surface area contributed by atoms with Crippen molar-refractivity contribution < 1.29 is 21.4 Å². The second-order valence-electron chi connectivity index (χ2n) is 12.3. The number of rotatable bonds is 12. The van der Waals surface area contributed by atoms with E-state index in [4.69, 9.17) is 7.45 Å². The fraction of sp³-hybridized carbons (Fsp3) is 0.571. The van der Waals surface area contributed by atoms with Crippen LogP contribution in [0.1, 0.15) is 68.2 Å². The molecular formula is C28H44AsN3O5. The van der Waals surface area contributed by atoms with E-state index in [1.165, 1.54) is 0 Å². The zero-order valence-corrected chi connectivity index (χ0v) is 25.8. The average molecular weight is 578 g/mol. The van der Waals surface area contributed by atoms with E-state index in [1.807, 2.05) is 43.3 Å². The van der Waals surface area contributed by atoms with E-state index in [0.29, 0.717) is 10.0 Å². The molecule has 2 rings (SSSR count). The molecular weight excluding hydrogens is 533 g/mol. The monoisotopic (exact) mass is 577 g/mol. The van der Waals surface area contributed by atoms with Gasteiger partial charge < -0.3 is 0 Å². The van der Waals surface area contributed by atoms with Crippen LogP contribution < -0.4 is 9.25 Å². The van der Waals surface area contributed by atoms with E-state index in [9.17, 15) is 14.0 Å². The zero-order valence-electron chi connectivity index (χ0n) is 23.9. The third-order valence-electron chi connectivity index (χ3n) is 5.26. The topological polar surface area (TPSA) is 104 Å². The first-order chi connectivity index (χ1) is 16.7. The molecule has 206 valence electrons. The van der Waals surface area contributed by atoms with Crippen molar-refractivity contribution in [2.45, 2.75) is 90.6 Å². The van der Waals surface area contributed by atoms with Crippen molar-refractivity contribution in [1.82, 2.24) is 0 Å². The maximum absolute atomic E-state index is 14.4. The van der Waals surface area contributed by atoms with E-state index >= 15 is 0 Å². The van der Waals surface area contributed by atoms with E-state index in [2.05, 4.69) is 10.2 Å². The summed E-state index contributed by atoms with van der Waals surface area (Å²) in [6.07, 6.45) is 0.499. The summed E-state index contributed by atoms with van der Waals surface area (Å²) in [5, 5.41) is 29.3. The van der Waals surface area contributed by atoms with Crippen LogP contribution in [0, 0.1) is 0 Å². The van der Waals surface area contributed by atoms with Crippen molar-refractivity contribution in [3.8, 4) is 0 Å². The van der Waals surface area contributed by atoms with Gasteiger partial charge in [0, 0.05) is 0 Å². The molecule has 0 fully saturated rings. The molecule has 0 saturated heterocycles. The summed E-state index contributed by atoms with van der Waals surface area (Å²) < 4.78 is 27.3. The fourth-order valence-electron chi connectivity index (χ4n) is 4.56. The van der Waals surface area contributed by atoms with Gasteiger partial charge in [-0.3, -0.25) is 0 Å². The summed E-state index contributed by atoms with van der Waals surface area (Å²) in [4.78, 5) is 2.01. The molecule has 0 heterocycles. The Hall–Kier alpha value is -1.96. The average Bonchev–Trinajstić information content (AvgIpc) is 2.68. The number of hydrogen-bond donors (Lipinski definition) is 2. The molecule has 2 aromatic rings. The van der Waals surface area contributed by atoms with Gasteiger partial charge in [-0.1, -0.05) is 0 Å².